The molecule has 444 valence electrons. The lowest BCUT2D eigenvalue weighted by atomic mass is 10.2. The number of methoxy groups -OCH3 is 2. The molecular weight excluding hydrogens is 1110 g/mol. The third-order valence-corrected chi connectivity index (χ3v) is 14.0. The number of hydrogen-bond donors (Lipinski definition) is 5. The van der Waals surface area contributed by atoms with Crippen LogP contribution in [0.15, 0.2) is 159 Å². The zero-order chi connectivity index (χ0) is 60.3. The summed E-state index contributed by atoms with van der Waals surface area (Å²) in [6.07, 6.45) is 11.0. The molecule has 2 atom stereocenters. The van der Waals surface area contributed by atoms with Crippen molar-refractivity contribution < 1.29 is 38.1 Å². The molecule has 24 heteroatoms. The Bertz CT molecular complexity index is 3970. The highest BCUT2D eigenvalue weighted by atomic mass is 16.6. The molecule has 8 heterocycles. The SMILES string of the molecule is COc1ccc(Cn2nc(N[C@@H]3CCN(C(=O)OC(C)(C)C)C3)c3c(Oc4ccc(C(=O)Nc5ncccn5)cc4)ccnc32)cc1.COc1ccc(Cn2nc(N[C@@H]3CCNC3)c3c(Oc4ccc(C(=O)Nc5ncccn5)cc4)ccnc32)cc1. The van der Waals surface area contributed by atoms with Gasteiger partial charge in [0.05, 0.1) is 27.3 Å². The Morgan fingerprint density at radius 2 is 1.00 bits per heavy atom. The molecule has 0 unspecified atom stereocenters. The molecule has 3 amide bonds. The minimum absolute atomic E-state index is 0.0606. The largest absolute Gasteiger partial charge is 0.497 e. The van der Waals surface area contributed by atoms with Crippen molar-refractivity contribution in [3.05, 3.63) is 181 Å². The van der Waals surface area contributed by atoms with Gasteiger partial charge >= 0.3 is 6.09 Å². The molecular formula is C63H64N16O8. The van der Waals surface area contributed by atoms with E-state index in [-0.39, 0.29) is 41.9 Å². The molecule has 87 heavy (non-hydrogen) atoms. The van der Waals surface area contributed by atoms with Crippen molar-refractivity contribution in [2.75, 3.05) is 61.7 Å². The topological polar surface area (TPSA) is 274 Å². The molecule has 0 aliphatic carbocycles. The van der Waals surface area contributed by atoms with Gasteiger partial charge in [0.25, 0.3) is 11.8 Å². The van der Waals surface area contributed by atoms with Crippen LogP contribution in [0.3, 0.4) is 0 Å². The number of nitrogens with zero attached hydrogens (tertiary/aromatic N) is 11. The fraction of sp³-hybridized carbons (Fsp3) is 0.254. The van der Waals surface area contributed by atoms with E-state index in [9.17, 15) is 14.4 Å². The molecule has 10 aromatic rings. The fourth-order valence-corrected chi connectivity index (χ4v) is 9.75. The van der Waals surface area contributed by atoms with Gasteiger partial charge in [-0.25, -0.2) is 44.1 Å². The van der Waals surface area contributed by atoms with E-state index in [0.29, 0.717) is 82.8 Å². The normalized spacial score (nSPS) is 14.6. The Morgan fingerprint density at radius 3 is 1.43 bits per heavy atom. The second-order valence-electron chi connectivity index (χ2n) is 21.4. The first-order valence-corrected chi connectivity index (χ1v) is 28.2. The minimum atomic E-state index is -0.574. The molecule has 12 rings (SSSR count). The number of carbonyl (C=O) groups is 3. The van der Waals surface area contributed by atoms with Crippen LogP contribution in [0.1, 0.15) is 65.5 Å². The number of benzene rings is 4. The molecule has 5 N–H and O–H groups in total. The monoisotopic (exact) mass is 1170 g/mol. The van der Waals surface area contributed by atoms with Crippen LogP contribution in [0.25, 0.3) is 22.1 Å². The van der Waals surface area contributed by atoms with Crippen LogP contribution in [0.5, 0.6) is 34.5 Å². The van der Waals surface area contributed by atoms with E-state index in [0.717, 1.165) is 59.8 Å². The fourth-order valence-electron chi connectivity index (χ4n) is 9.75. The lowest BCUT2D eigenvalue weighted by Gasteiger charge is -2.24. The predicted octanol–water partition coefficient (Wildman–Crippen LogP) is 9.84. The summed E-state index contributed by atoms with van der Waals surface area (Å²) >= 11 is 0. The third kappa shape index (κ3) is 14.6. The van der Waals surface area contributed by atoms with Crippen LogP contribution in [-0.2, 0) is 17.8 Å². The van der Waals surface area contributed by atoms with E-state index in [1.807, 2.05) is 84.7 Å². The second kappa shape index (κ2) is 26.4. The average Bonchev–Trinajstić information content (AvgIpc) is 2.90. The van der Waals surface area contributed by atoms with Gasteiger partial charge in [-0.2, -0.15) is 10.2 Å². The first kappa shape index (κ1) is 58.0. The number of amides is 3. The lowest BCUT2D eigenvalue weighted by Crippen LogP contribution is -2.36. The molecule has 0 bridgehead atoms. The first-order chi connectivity index (χ1) is 42.3. The van der Waals surface area contributed by atoms with Gasteiger partial charge in [0.15, 0.2) is 22.9 Å². The van der Waals surface area contributed by atoms with E-state index in [2.05, 4.69) is 56.5 Å². The zero-order valence-corrected chi connectivity index (χ0v) is 48.5. The summed E-state index contributed by atoms with van der Waals surface area (Å²) in [5.41, 5.74) is 3.74. The highest BCUT2D eigenvalue weighted by Crippen LogP contribution is 2.37. The van der Waals surface area contributed by atoms with Gasteiger partial charge in [-0.15, -0.1) is 0 Å². The summed E-state index contributed by atoms with van der Waals surface area (Å²) in [5.74, 6) is 4.97. The lowest BCUT2D eigenvalue weighted by molar-refractivity contribution is 0.0293. The number of nitrogens with one attached hydrogen (secondary N) is 5. The Labute approximate surface area is 500 Å². The molecule has 6 aromatic heterocycles. The summed E-state index contributed by atoms with van der Waals surface area (Å²) in [5, 5.41) is 27.2. The van der Waals surface area contributed by atoms with Crippen molar-refractivity contribution >= 4 is 63.5 Å². The van der Waals surface area contributed by atoms with Crippen molar-refractivity contribution in [3.63, 3.8) is 0 Å². The van der Waals surface area contributed by atoms with Crippen LogP contribution in [0.4, 0.5) is 28.3 Å². The second-order valence-corrected chi connectivity index (χ2v) is 21.4. The van der Waals surface area contributed by atoms with Gasteiger partial charge in [-0.05, 0) is 136 Å². The highest BCUT2D eigenvalue weighted by Gasteiger charge is 2.32. The van der Waals surface area contributed by atoms with E-state index in [4.69, 9.17) is 33.9 Å². The Kier molecular flexibility index (Phi) is 17.6. The van der Waals surface area contributed by atoms with Crippen molar-refractivity contribution in [3.8, 4) is 34.5 Å². The smallest absolute Gasteiger partial charge is 0.410 e. The number of ether oxygens (including phenoxy) is 5. The molecule has 0 spiro atoms. The minimum Gasteiger partial charge on any atom is -0.497 e. The quantitative estimate of drug-likeness (QED) is 0.0534. The molecule has 2 aliphatic rings. The number of pyridine rings is 2. The Morgan fingerprint density at radius 1 is 0.552 bits per heavy atom. The Balaban J connectivity index is 0.000000182. The van der Waals surface area contributed by atoms with Crippen molar-refractivity contribution in [2.45, 2.75) is 64.4 Å². The summed E-state index contributed by atoms with van der Waals surface area (Å²) < 4.78 is 32.6. The number of likely N-dealkylation sites (tertiary alicyclic amines) is 1. The number of fused-ring (bicyclic) bond motifs is 2. The predicted molar refractivity (Wildman–Crippen MR) is 327 cm³/mol. The summed E-state index contributed by atoms with van der Waals surface area (Å²) in [6, 6.07) is 36.5. The van der Waals surface area contributed by atoms with Gasteiger partial charge in [-0.1, -0.05) is 24.3 Å². The maximum absolute atomic E-state index is 12.7. The van der Waals surface area contributed by atoms with E-state index in [1.54, 1.807) is 123 Å². The summed E-state index contributed by atoms with van der Waals surface area (Å²) in [6.45, 7) is 9.42. The van der Waals surface area contributed by atoms with Crippen LogP contribution in [0.2, 0.25) is 0 Å². The van der Waals surface area contributed by atoms with E-state index < -0.39 is 5.60 Å². The van der Waals surface area contributed by atoms with Crippen molar-refractivity contribution in [2.24, 2.45) is 0 Å². The van der Waals surface area contributed by atoms with Crippen LogP contribution >= 0.6 is 0 Å². The molecule has 0 saturated carbocycles. The number of rotatable bonds is 18. The van der Waals surface area contributed by atoms with E-state index in [1.165, 1.54) is 0 Å². The summed E-state index contributed by atoms with van der Waals surface area (Å²) in [4.78, 5) is 65.2. The van der Waals surface area contributed by atoms with Gasteiger partial charge < -0.3 is 44.5 Å². The van der Waals surface area contributed by atoms with Gasteiger partial charge in [0.2, 0.25) is 11.9 Å². The van der Waals surface area contributed by atoms with Gasteiger partial charge in [0.1, 0.15) is 50.9 Å². The maximum atomic E-state index is 12.7. The summed E-state index contributed by atoms with van der Waals surface area (Å²) in [7, 11) is 3.29. The van der Waals surface area contributed by atoms with Gasteiger partial charge in [0, 0.05) is 92.2 Å². The molecule has 2 aliphatic heterocycles. The number of hydrogen-bond acceptors (Lipinski definition) is 19. The molecule has 2 saturated heterocycles. The standard InChI is InChI=1S/C34H36N8O5.C29H28N8O3/c1-34(2,3)47-33(44)41-19-15-24(21-41)38-29-28-27(14-18-35-30(28)42(40-29)20-22-6-10-25(45-4)11-7-22)46-26-12-8-23(9-13-26)31(43)39-32-36-16-5-17-37-32;1-39-22-7-3-19(4-8-22)18-37-27-25(26(36-37)34-21-11-15-30-17-21)24(12-16-31-27)40-23-9-5-20(6-10-23)28(38)35-29-32-13-2-14-33-29/h5-14,16-18,24H,15,19-21H2,1-4H3,(H,38,40)(H,36,37,39,43);2-10,12-14,16,21,30H,11,15,17-18H2,1H3,(H,34,36)(H,32,33,35,38)/t24-;21-/m11/s1. The van der Waals surface area contributed by atoms with Gasteiger partial charge in [-0.3, -0.25) is 20.2 Å². The maximum Gasteiger partial charge on any atom is 0.410 e. The average molecular weight is 1170 g/mol. The zero-order valence-electron chi connectivity index (χ0n) is 48.5. The number of anilines is 4. The van der Waals surface area contributed by atoms with Crippen LogP contribution in [0, 0.1) is 0 Å². The van der Waals surface area contributed by atoms with Crippen LogP contribution < -0.4 is 45.5 Å². The van der Waals surface area contributed by atoms with Crippen molar-refractivity contribution in [1.29, 1.82) is 0 Å². The molecule has 0 radical (unpaired) electrons. The molecule has 2 fully saturated rings. The van der Waals surface area contributed by atoms with E-state index >= 15 is 0 Å². The third-order valence-electron chi connectivity index (χ3n) is 14.0. The van der Waals surface area contributed by atoms with Crippen molar-refractivity contribution in [1.82, 2.24) is 59.7 Å². The van der Waals surface area contributed by atoms with Crippen LogP contribution in [-0.4, -0.2) is 130 Å². The number of aromatic nitrogens is 10. The highest BCUT2D eigenvalue weighted by molar-refractivity contribution is 6.04. The molecule has 24 nitrogen and oxygen atoms in total. The Hall–Kier alpha value is -10.8. The first-order valence-electron chi connectivity index (χ1n) is 28.2. The number of carbonyl (C=O) groups excluding carboxylic acids is 3. The molecule has 4 aromatic carbocycles.